The molecule has 0 bridgehead atoms. The quantitative estimate of drug-likeness (QED) is 0.172. The summed E-state index contributed by atoms with van der Waals surface area (Å²) in [5.74, 6) is 0. The van der Waals surface area contributed by atoms with E-state index in [0.29, 0.717) is 0 Å². The minimum absolute atomic E-state index is 0.184. The first-order valence-corrected chi connectivity index (χ1v) is 22.3. The average Bonchev–Trinajstić information content (AvgIpc) is 3.54. The van der Waals surface area contributed by atoms with E-state index in [0.717, 1.165) is 11.4 Å². The van der Waals surface area contributed by atoms with Crippen LogP contribution in [0.15, 0.2) is 200 Å². The van der Waals surface area contributed by atoms with Crippen LogP contribution in [0.4, 0.5) is 28.4 Å². The Kier molecular flexibility index (Phi) is 8.89. The van der Waals surface area contributed by atoms with Crippen LogP contribution in [0.2, 0.25) is 0 Å². The van der Waals surface area contributed by atoms with Crippen molar-refractivity contribution in [3.05, 3.63) is 234 Å². The molecule has 306 valence electrons. The summed E-state index contributed by atoms with van der Waals surface area (Å²) in [6.45, 7) is 14.2. The van der Waals surface area contributed by atoms with E-state index >= 15 is 0 Å². The second-order valence-corrected chi connectivity index (χ2v) is 19.1. The number of anilines is 5. The van der Waals surface area contributed by atoms with Crippen molar-refractivity contribution in [3.8, 4) is 33.4 Å². The molecule has 2 aliphatic rings. The maximum atomic E-state index is 3.75. The Hall–Kier alpha value is -7.16. The Morgan fingerprint density at radius 3 is 1.63 bits per heavy atom. The molecule has 0 unspecified atom stereocenters. The number of fused-ring (bicyclic) bond motifs is 6. The van der Waals surface area contributed by atoms with Crippen LogP contribution in [-0.2, 0) is 16.2 Å². The topological polar surface area (TPSA) is 15.3 Å². The summed E-state index contributed by atoms with van der Waals surface area (Å²) in [5, 5.41) is 6.25. The first-order chi connectivity index (χ1) is 30.5. The van der Waals surface area contributed by atoms with E-state index in [2.05, 4.69) is 252 Å². The van der Waals surface area contributed by atoms with Gasteiger partial charge in [0.2, 0.25) is 0 Å². The van der Waals surface area contributed by atoms with Gasteiger partial charge in [0, 0.05) is 33.3 Å². The smallest absolute Gasteiger partial charge is 0.0503 e. The summed E-state index contributed by atoms with van der Waals surface area (Å²) in [7, 11) is 0. The van der Waals surface area contributed by atoms with Gasteiger partial charge in [-0.3, -0.25) is 0 Å². The predicted octanol–water partition coefficient (Wildman–Crippen LogP) is 16.7. The molecular weight excluding hydrogens is 761 g/mol. The second kappa shape index (κ2) is 14.5. The molecule has 1 heterocycles. The van der Waals surface area contributed by atoms with Crippen LogP contribution in [0.3, 0.4) is 0 Å². The zero-order valence-electron chi connectivity index (χ0n) is 37.0. The summed E-state index contributed by atoms with van der Waals surface area (Å²) in [6, 6.07) is 74.2. The molecule has 1 aliphatic carbocycles. The van der Waals surface area contributed by atoms with Gasteiger partial charge in [0.1, 0.15) is 0 Å². The molecule has 9 aromatic rings. The Bertz CT molecular complexity index is 3230. The highest BCUT2D eigenvalue weighted by Gasteiger charge is 2.39. The largest absolute Gasteiger partial charge is 0.355 e. The van der Waals surface area contributed by atoms with Crippen LogP contribution in [0, 0.1) is 0 Å². The zero-order chi connectivity index (χ0) is 43.1. The van der Waals surface area contributed by atoms with Gasteiger partial charge in [-0.2, -0.15) is 0 Å². The second-order valence-electron chi connectivity index (χ2n) is 19.1. The maximum absolute atomic E-state index is 3.75. The van der Waals surface area contributed by atoms with E-state index < -0.39 is 0 Å². The van der Waals surface area contributed by atoms with Crippen molar-refractivity contribution >= 4 is 39.2 Å². The fourth-order valence-corrected chi connectivity index (χ4v) is 10.6. The highest BCUT2D eigenvalue weighted by atomic mass is 15.2. The molecule has 63 heavy (non-hydrogen) atoms. The van der Waals surface area contributed by atoms with E-state index in [1.807, 2.05) is 0 Å². The summed E-state index contributed by atoms with van der Waals surface area (Å²) in [5.41, 5.74) is 20.8. The molecule has 9 aromatic carbocycles. The third-order valence-electron chi connectivity index (χ3n) is 14.3. The molecule has 0 radical (unpaired) electrons. The number of benzene rings is 9. The molecule has 2 nitrogen and oxygen atoms in total. The summed E-state index contributed by atoms with van der Waals surface area (Å²) < 4.78 is 0. The Morgan fingerprint density at radius 1 is 0.413 bits per heavy atom. The molecular formula is C61H52N2. The highest BCUT2D eigenvalue weighted by Crippen LogP contribution is 2.54. The van der Waals surface area contributed by atoms with Crippen LogP contribution < -0.4 is 10.2 Å². The van der Waals surface area contributed by atoms with Crippen molar-refractivity contribution in [2.24, 2.45) is 0 Å². The predicted molar refractivity (Wildman–Crippen MR) is 267 cm³/mol. The van der Waals surface area contributed by atoms with Gasteiger partial charge in [-0.25, -0.2) is 0 Å². The molecule has 0 saturated heterocycles. The summed E-state index contributed by atoms with van der Waals surface area (Å²) >= 11 is 0. The Morgan fingerprint density at radius 2 is 0.937 bits per heavy atom. The van der Waals surface area contributed by atoms with E-state index in [1.54, 1.807) is 0 Å². The number of nitrogens with zero attached hydrogens (tertiary/aromatic N) is 1. The maximum Gasteiger partial charge on any atom is 0.0503 e. The van der Waals surface area contributed by atoms with Gasteiger partial charge in [0.15, 0.2) is 0 Å². The number of rotatable bonds is 7. The van der Waals surface area contributed by atoms with Gasteiger partial charge < -0.3 is 10.2 Å². The Balaban J connectivity index is 0.964. The third kappa shape index (κ3) is 6.30. The highest BCUT2D eigenvalue weighted by molar-refractivity contribution is 5.93. The SMILES string of the molecule is CC(C)(c1ccccc1)c1cc(-c2ccc3c(c2)C(C)(C)c2cc(-c4ccc5c(c4)C(C)(C)c4ccccc4N5c4ccc5ccccc5c4)ccc2-3)ccc1Nc1ccccc1. The lowest BCUT2D eigenvalue weighted by molar-refractivity contribution is 0.632. The first-order valence-electron chi connectivity index (χ1n) is 22.3. The van der Waals surface area contributed by atoms with Crippen LogP contribution in [0.25, 0.3) is 44.2 Å². The lowest BCUT2D eigenvalue weighted by atomic mass is 9.72. The molecule has 0 aromatic heterocycles. The van der Waals surface area contributed by atoms with Gasteiger partial charge in [0.05, 0.1) is 11.4 Å². The minimum Gasteiger partial charge on any atom is -0.355 e. The van der Waals surface area contributed by atoms with Crippen LogP contribution >= 0.6 is 0 Å². The molecule has 0 spiro atoms. The van der Waals surface area contributed by atoms with Crippen LogP contribution in [0.1, 0.15) is 74.9 Å². The average molecular weight is 813 g/mol. The van der Waals surface area contributed by atoms with Gasteiger partial charge in [-0.1, -0.05) is 175 Å². The fourth-order valence-electron chi connectivity index (χ4n) is 10.6. The Labute approximate surface area is 372 Å². The van der Waals surface area contributed by atoms with Gasteiger partial charge in [-0.05, 0) is 144 Å². The van der Waals surface area contributed by atoms with Crippen molar-refractivity contribution < 1.29 is 0 Å². The van der Waals surface area contributed by atoms with E-state index in [1.165, 1.54) is 94.6 Å². The van der Waals surface area contributed by atoms with Crippen molar-refractivity contribution in [1.29, 1.82) is 0 Å². The van der Waals surface area contributed by atoms with Crippen LogP contribution in [0.5, 0.6) is 0 Å². The molecule has 0 atom stereocenters. The fraction of sp³-hybridized carbons (Fsp3) is 0.148. The number of para-hydroxylation sites is 2. The monoisotopic (exact) mass is 812 g/mol. The molecule has 0 amide bonds. The van der Waals surface area contributed by atoms with Crippen molar-refractivity contribution in [2.45, 2.75) is 57.8 Å². The van der Waals surface area contributed by atoms with E-state index in [4.69, 9.17) is 0 Å². The molecule has 11 rings (SSSR count). The molecule has 0 saturated carbocycles. The van der Waals surface area contributed by atoms with E-state index in [-0.39, 0.29) is 16.2 Å². The lowest BCUT2D eigenvalue weighted by Gasteiger charge is -2.42. The number of hydrogen-bond acceptors (Lipinski definition) is 2. The van der Waals surface area contributed by atoms with Crippen LogP contribution in [-0.4, -0.2) is 0 Å². The zero-order valence-corrected chi connectivity index (χ0v) is 37.0. The summed E-state index contributed by atoms with van der Waals surface area (Å²) in [4.78, 5) is 2.46. The van der Waals surface area contributed by atoms with Crippen molar-refractivity contribution in [3.63, 3.8) is 0 Å². The molecule has 2 heteroatoms. The normalized spacial score (nSPS) is 14.4. The van der Waals surface area contributed by atoms with E-state index in [9.17, 15) is 0 Å². The number of hydrogen-bond donors (Lipinski definition) is 1. The van der Waals surface area contributed by atoms with Gasteiger partial charge in [0.25, 0.3) is 0 Å². The van der Waals surface area contributed by atoms with Gasteiger partial charge in [-0.15, -0.1) is 0 Å². The lowest BCUT2D eigenvalue weighted by Crippen LogP contribution is -2.30. The van der Waals surface area contributed by atoms with Crippen molar-refractivity contribution in [2.75, 3.05) is 10.2 Å². The number of nitrogens with one attached hydrogen (secondary N) is 1. The standard InChI is InChI=1S/C61H52N2/c1-59(2,46-19-9-7-10-20-46)54-38-44(28-33-56(54)62-47-21-11-8-12-22-47)42-26-31-49-50-32-27-43(37-53(50)61(5,6)52(49)36-42)45-29-34-58-55(39-45)60(3,4)51-23-15-16-24-57(51)63(58)48-30-25-40-17-13-14-18-41(40)35-48/h7-39,62H,1-6H3. The molecule has 0 fully saturated rings. The third-order valence-corrected chi connectivity index (χ3v) is 14.3. The minimum atomic E-state index is -0.235. The summed E-state index contributed by atoms with van der Waals surface area (Å²) in [6.07, 6.45) is 0. The molecule has 1 aliphatic heterocycles. The van der Waals surface area contributed by atoms with Gasteiger partial charge >= 0.3 is 0 Å². The van der Waals surface area contributed by atoms with Crippen molar-refractivity contribution in [1.82, 2.24) is 0 Å². The molecule has 1 N–H and O–H groups in total. The first kappa shape index (κ1) is 38.7.